The van der Waals surface area contributed by atoms with Gasteiger partial charge >= 0.3 is 5.69 Å². The Labute approximate surface area is 288 Å². The van der Waals surface area contributed by atoms with Crippen molar-refractivity contribution in [1.29, 1.82) is 0 Å². The number of amides is 1. The van der Waals surface area contributed by atoms with Crippen molar-refractivity contribution < 1.29 is 9.18 Å². The Morgan fingerprint density at radius 2 is 1.48 bits per heavy atom. The molecule has 246 valence electrons. The standard InChI is InChI=1S/C38H35FN4O3S.ClH/c1-25(2)35(44)40-29-20-18-27(19-21-29)34-31(24-41(3)22-26-12-6-4-7-13-26)33-36(45)43(30-15-8-5-9-16-30)38(46)42(37(33)47-34)23-28-14-10-11-17-32(28)39;/h4-21,25H,22-24H2,1-3H3,(H,40,44);1H. The van der Waals surface area contributed by atoms with Crippen molar-refractivity contribution in [3.05, 3.63) is 153 Å². The van der Waals surface area contributed by atoms with Crippen molar-refractivity contribution in [3.8, 4) is 16.1 Å². The molecule has 0 radical (unpaired) electrons. The molecule has 6 aromatic rings. The zero-order valence-electron chi connectivity index (χ0n) is 26.9. The minimum atomic E-state index is -0.541. The van der Waals surface area contributed by atoms with Gasteiger partial charge in [-0.05, 0) is 54.1 Å². The summed E-state index contributed by atoms with van der Waals surface area (Å²) in [6.07, 6.45) is 0. The topological polar surface area (TPSA) is 76.3 Å². The average Bonchev–Trinajstić information content (AvgIpc) is 3.44. The lowest BCUT2D eigenvalue weighted by Crippen LogP contribution is -2.39. The molecular weight excluding hydrogens is 647 g/mol. The van der Waals surface area contributed by atoms with Gasteiger partial charge in [-0.2, -0.15) is 0 Å². The van der Waals surface area contributed by atoms with E-state index >= 15 is 0 Å². The van der Waals surface area contributed by atoms with Crippen LogP contribution < -0.4 is 16.6 Å². The van der Waals surface area contributed by atoms with Crippen LogP contribution in [0.15, 0.2) is 119 Å². The molecule has 7 nitrogen and oxygen atoms in total. The highest BCUT2D eigenvalue weighted by Crippen LogP contribution is 2.38. The smallest absolute Gasteiger partial charge is 0.326 e. The predicted molar refractivity (Wildman–Crippen MR) is 195 cm³/mol. The Morgan fingerprint density at radius 1 is 0.854 bits per heavy atom. The average molecular weight is 683 g/mol. The van der Waals surface area contributed by atoms with Crippen LogP contribution in [-0.2, 0) is 24.4 Å². The third kappa shape index (κ3) is 7.18. The number of benzene rings is 4. The van der Waals surface area contributed by atoms with E-state index < -0.39 is 17.1 Å². The molecule has 0 aliphatic carbocycles. The molecule has 0 saturated heterocycles. The lowest BCUT2D eigenvalue weighted by Gasteiger charge is -2.18. The largest absolute Gasteiger partial charge is 0.337 e. The number of hydrogen-bond acceptors (Lipinski definition) is 5. The second kappa shape index (κ2) is 14.9. The van der Waals surface area contributed by atoms with E-state index in [2.05, 4.69) is 22.3 Å². The maximum absolute atomic E-state index is 15.0. The fraction of sp³-hybridized carbons (Fsp3) is 0.184. The first kappa shape index (κ1) is 34.5. The molecule has 1 amide bonds. The van der Waals surface area contributed by atoms with Crippen molar-refractivity contribution in [2.75, 3.05) is 12.4 Å². The van der Waals surface area contributed by atoms with E-state index in [1.165, 1.54) is 26.5 Å². The highest BCUT2D eigenvalue weighted by Gasteiger charge is 2.25. The van der Waals surface area contributed by atoms with E-state index in [4.69, 9.17) is 0 Å². The van der Waals surface area contributed by atoms with Crippen molar-refractivity contribution in [3.63, 3.8) is 0 Å². The van der Waals surface area contributed by atoms with Crippen molar-refractivity contribution in [2.45, 2.75) is 33.5 Å². The third-order valence-corrected chi connectivity index (χ3v) is 9.34. The second-order valence-corrected chi connectivity index (χ2v) is 12.9. The van der Waals surface area contributed by atoms with Crippen LogP contribution in [0.5, 0.6) is 0 Å². The van der Waals surface area contributed by atoms with Crippen LogP contribution in [0.25, 0.3) is 26.3 Å². The van der Waals surface area contributed by atoms with Crippen LogP contribution >= 0.6 is 23.7 Å². The Bertz CT molecular complexity index is 2160. The van der Waals surface area contributed by atoms with Gasteiger partial charge in [0.15, 0.2) is 0 Å². The quantitative estimate of drug-likeness (QED) is 0.161. The lowest BCUT2D eigenvalue weighted by atomic mass is 10.1. The fourth-order valence-electron chi connectivity index (χ4n) is 5.61. The van der Waals surface area contributed by atoms with Crippen molar-refractivity contribution in [2.24, 2.45) is 5.92 Å². The molecule has 2 heterocycles. The number of hydrogen-bond donors (Lipinski definition) is 1. The maximum Gasteiger partial charge on any atom is 0.337 e. The van der Waals surface area contributed by atoms with Crippen LogP contribution in [0.4, 0.5) is 10.1 Å². The number of halogens is 2. The Balaban J connectivity index is 0.00000451. The SMILES string of the molecule is CC(C)C(=O)Nc1ccc(-c2sc3c(c2CN(C)Cc2ccccc2)c(=O)n(-c2ccccc2)c(=O)n3Cc2ccccc2F)cc1.Cl. The summed E-state index contributed by atoms with van der Waals surface area (Å²) < 4.78 is 17.7. The predicted octanol–water partition coefficient (Wildman–Crippen LogP) is 7.72. The molecule has 0 aliphatic heterocycles. The van der Waals surface area contributed by atoms with Gasteiger partial charge in [0.1, 0.15) is 10.6 Å². The number of anilines is 1. The highest BCUT2D eigenvalue weighted by molar-refractivity contribution is 7.22. The normalized spacial score (nSPS) is 11.2. The van der Waals surface area contributed by atoms with Gasteiger partial charge in [0.25, 0.3) is 5.56 Å². The summed E-state index contributed by atoms with van der Waals surface area (Å²) in [5.74, 6) is -0.674. The fourth-order valence-corrected chi connectivity index (χ4v) is 6.91. The van der Waals surface area contributed by atoms with Crippen LogP contribution in [0.2, 0.25) is 0 Å². The van der Waals surface area contributed by atoms with Crippen molar-refractivity contribution >= 4 is 45.6 Å². The number of nitrogens with one attached hydrogen (secondary N) is 1. The molecule has 4 aromatic carbocycles. The third-order valence-electron chi connectivity index (χ3n) is 8.04. The summed E-state index contributed by atoms with van der Waals surface area (Å²) >= 11 is 1.35. The molecule has 0 aliphatic rings. The minimum absolute atomic E-state index is 0. The summed E-state index contributed by atoms with van der Waals surface area (Å²) in [5, 5.41) is 3.35. The molecule has 6 rings (SSSR count). The van der Waals surface area contributed by atoms with Gasteiger partial charge in [-0.25, -0.2) is 13.8 Å². The molecular formula is C38H36ClFN4O3S. The number of carbonyl (C=O) groups is 1. The summed E-state index contributed by atoms with van der Waals surface area (Å²) in [5.41, 5.74) is 3.23. The summed E-state index contributed by atoms with van der Waals surface area (Å²) in [4.78, 5) is 44.5. The number of para-hydroxylation sites is 1. The van der Waals surface area contributed by atoms with Crippen LogP contribution in [-0.4, -0.2) is 27.0 Å². The Morgan fingerprint density at radius 3 is 2.12 bits per heavy atom. The molecule has 2 aromatic heterocycles. The van der Waals surface area contributed by atoms with Crippen LogP contribution in [0.1, 0.15) is 30.5 Å². The van der Waals surface area contributed by atoms with Gasteiger partial charge in [-0.15, -0.1) is 23.7 Å². The van der Waals surface area contributed by atoms with E-state index in [0.717, 1.165) is 21.6 Å². The van der Waals surface area contributed by atoms with Gasteiger partial charge in [0.2, 0.25) is 5.91 Å². The summed E-state index contributed by atoms with van der Waals surface area (Å²) in [7, 11) is 2.00. The first-order valence-corrected chi connectivity index (χ1v) is 16.3. The Kier molecular flexibility index (Phi) is 10.7. The van der Waals surface area contributed by atoms with Gasteiger partial charge in [-0.3, -0.25) is 19.1 Å². The molecule has 10 heteroatoms. The number of nitrogens with zero attached hydrogens (tertiary/aromatic N) is 3. The number of thiophene rings is 1. The molecule has 48 heavy (non-hydrogen) atoms. The van der Waals surface area contributed by atoms with Gasteiger partial charge in [0, 0.05) is 35.1 Å². The molecule has 0 bridgehead atoms. The van der Waals surface area contributed by atoms with Crippen LogP contribution in [0.3, 0.4) is 0 Å². The van der Waals surface area contributed by atoms with E-state index in [1.54, 1.807) is 42.5 Å². The molecule has 0 fully saturated rings. The maximum atomic E-state index is 15.0. The van der Waals surface area contributed by atoms with Gasteiger partial charge in [-0.1, -0.05) is 92.7 Å². The van der Waals surface area contributed by atoms with Gasteiger partial charge in [0.05, 0.1) is 17.6 Å². The molecule has 0 atom stereocenters. The molecule has 0 unspecified atom stereocenters. The van der Waals surface area contributed by atoms with E-state index in [-0.39, 0.29) is 30.8 Å². The zero-order chi connectivity index (χ0) is 33.1. The van der Waals surface area contributed by atoms with Gasteiger partial charge < -0.3 is 5.32 Å². The van der Waals surface area contributed by atoms with Crippen molar-refractivity contribution in [1.82, 2.24) is 14.0 Å². The first-order valence-electron chi connectivity index (χ1n) is 15.4. The summed E-state index contributed by atoms with van der Waals surface area (Å²) in [6.45, 7) is 4.68. The molecule has 0 spiro atoms. The van der Waals surface area contributed by atoms with Crippen LogP contribution in [0, 0.1) is 11.7 Å². The van der Waals surface area contributed by atoms with E-state index in [1.807, 2.05) is 69.4 Å². The molecule has 1 N–H and O–H groups in total. The summed E-state index contributed by atoms with van der Waals surface area (Å²) in [6, 6.07) is 32.8. The Hall–Kier alpha value is -4.83. The van der Waals surface area contributed by atoms with E-state index in [9.17, 15) is 18.8 Å². The highest BCUT2D eigenvalue weighted by atomic mass is 35.5. The monoisotopic (exact) mass is 682 g/mol. The molecule has 0 saturated carbocycles. The number of carbonyl (C=O) groups excluding carboxylic acids is 1. The second-order valence-electron chi connectivity index (χ2n) is 11.9. The van der Waals surface area contributed by atoms with E-state index in [0.29, 0.717) is 40.2 Å². The zero-order valence-corrected chi connectivity index (χ0v) is 28.5. The minimum Gasteiger partial charge on any atom is -0.326 e. The number of rotatable bonds is 10. The number of aromatic nitrogens is 2. The number of fused-ring (bicyclic) bond motifs is 1. The first-order chi connectivity index (χ1) is 22.7. The lowest BCUT2D eigenvalue weighted by molar-refractivity contribution is -0.118.